The van der Waals surface area contributed by atoms with Crippen molar-refractivity contribution in [2.75, 3.05) is 0 Å². The Morgan fingerprint density at radius 2 is 1.53 bits per heavy atom. The fourth-order valence-electron chi connectivity index (χ4n) is 2.80. The predicted octanol–water partition coefficient (Wildman–Crippen LogP) is 4.77. The first-order valence-electron chi connectivity index (χ1n) is 6.70. The summed E-state index contributed by atoms with van der Waals surface area (Å²) in [6.45, 7) is 8.92. The van der Waals surface area contributed by atoms with Crippen molar-refractivity contribution in [1.29, 1.82) is 0 Å². The van der Waals surface area contributed by atoms with Crippen LogP contribution < -0.4 is 0 Å². The van der Waals surface area contributed by atoms with Gasteiger partial charge < -0.3 is 0 Å². The summed E-state index contributed by atoms with van der Waals surface area (Å²) < 4.78 is 0. The first-order valence-corrected chi connectivity index (χ1v) is 9.40. The van der Waals surface area contributed by atoms with E-state index in [1.807, 2.05) is 30.3 Å². The van der Waals surface area contributed by atoms with Gasteiger partial charge in [0.25, 0.3) is 0 Å². The van der Waals surface area contributed by atoms with Crippen LogP contribution >= 0.6 is 0 Å². The van der Waals surface area contributed by atoms with E-state index in [-0.39, 0.29) is 5.54 Å². The third-order valence-electron chi connectivity index (χ3n) is 4.48. The lowest BCUT2D eigenvalue weighted by Crippen LogP contribution is -2.40. The molecule has 1 unspecified atom stereocenters. The van der Waals surface area contributed by atoms with Crippen LogP contribution in [-0.2, 0) is 0 Å². The van der Waals surface area contributed by atoms with Crippen LogP contribution in [0.15, 0.2) is 30.3 Å². The lowest BCUT2D eigenvalue weighted by Gasteiger charge is -2.33. The summed E-state index contributed by atoms with van der Waals surface area (Å²) in [6, 6.07) is 13.4. The van der Waals surface area contributed by atoms with Gasteiger partial charge in [-0.2, -0.15) is 0 Å². The van der Waals surface area contributed by atoms with Crippen molar-refractivity contribution < 1.29 is 4.79 Å². The van der Waals surface area contributed by atoms with Crippen molar-refractivity contribution >= 4 is 13.9 Å². The van der Waals surface area contributed by atoms with Gasteiger partial charge in [-0.3, -0.25) is 4.79 Å². The minimum absolute atomic E-state index is 0.241. The Morgan fingerprint density at radius 3 is 1.94 bits per heavy atom. The molecule has 0 amide bonds. The summed E-state index contributed by atoms with van der Waals surface area (Å²) >= 11 is 0. The Kier molecular flexibility index (Phi) is 5.13. The molecule has 0 fully saturated rings. The highest BCUT2D eigenvalue weighted by Gasteiger charge is 2.37. The number of carbonyl (C=O) groups is 1. The molecule has 1 aromatic carbocycles. The maximum Gasteiger partial charge on any atom is 0.163 e. The highest BCUT2D eigenvalue weighted by Crippen LogP contribution is 2.35. The van der Waals surface area contributed by atoms with Crippen LogP contribution in [0, 0.1) is 0 Å². The Labute approximate surface area is 106 Å². The van der Waals surface area contributed by atoms with Crippen LogP contribution in [-0.4, -0.2) is 13.9 Å². The number of Topliss-reactive ketones (excluding diaryl/α,β-unsaturated/α-hetero) is 1. The highest BCUT2D eigenvalue weighted by molar-refractivity contribution is 6.84. The average Bonchev–Trinajstić information content (AvgIpc) is 2.41. The van der Waals surface area contributed by atoms with E-state index in [0.717, 1.165) is 5.56 Å². The smallest absolute Gasteiger partial charge is 0.163 e. The van der Waals surface area contributed by atoms with E-state index in [2.05, 4.69) is 27.7 Å². The van der Waals surface area contributed by atoms with Crippen molar-refractivity contribution in [3.05, 3.63) is 35.9 Å². The first-order chi connectivity index (χ1) is 8.11. The first kappa shape index (κ1) is 14.2. The number of hydrogen-bond donors (Lipinski definition) is 0. The van der Waals surface area contributed by atoms with E-state index in [0.29, 0.717) is 5.78 Å². The zero-order valence-corrected chi connectivity index (χ0v) is 12.5. The van der Waals surface area contributed by atoms with Crippen molar-refractivity contribution in [2.24, 2.45) is 0 Å². The van der Waals surface area contributed by atoms with Crippen molar-refractivity contribution in [1.82, 2.24) is 0 Å². The number of carbonyl (C=O) groups excluding carboxylic acids is 1. The molecule has 94 valence electrons. The molecule has 0 aliphatic heterocycles. The zero-order valence-electron chi connectivity index (χ0n) is 11.5. The van der Waals surface area contributed by atoms with E-state index in [4.69, 9.17) is 0 Å². The molecule has 2 heteroatoms. The monoisotopic (exact) mass is 248 g/mol. The third kappa shape index (κ3) is 2.86. The van der Waals surface area contributed by atoms with Crippen molar-refractivity contribution in [3.63, 3.8) is 0 Å². The Morgan fingerprint density at radius 1 is 1.06 bits per heavy atom. The van der Waals surface area contributed by atoms with Crippen LogP contribution in [0.4, 0.5) is 0 Å². The molecule has 1 aromatic rings. The molecule has 1 nitrogen and oxygen atoms in total. The summed E-state index contributed by atoms with van der Waals surface area (Å²) in [5.74, 6) is 0.350. The summed E-state index contributed by atoms with van der Waals surface area (Å²) in [5.41, 5.74) is 1.12. The highest BCUT2D eigenvalue weighted by atomic mass is 28.3. The van der Waals surface area contributed by atoms with Gasteiger partial charge in [0, 0.05) is 11.1 Å². The molecular formula is C15H24OSi. The van der Waals surface area contributed by atoms with Gasteiger partial charge in [-0.15, -0.1) is 0 Å². The second kappa shape index (κ2) is 6.15. The predicted molar refractivity (Wildman–Crippen MR) is 77.4 cm³/mol. The molecule has 0 N–H and O–H groups in total. The summed E-state index contributed by atoms with van der Waals surface area (Å²) in [6.07, 6.45) is 0. The van der Waals surface area contributed by atoms with Gasteiger partial charge >= 0.3 is 0 Å². The van der Waals surface area contributed by atoms with Crippen molar-refractivity contribution in [3.8, 4) is 0 Å². The molecule has 0 saturated carbocycles. The van der Waals surface area contributed by atoms with E-state index in [1.54, 1.807) is 0 Å². The maximum atomic E-state index is 12.5. The van der Waals surface area contributed by atoms with E-state index in [1.165, 1.54) is 18.1 Å². The largest absolute Gasteiger partial charge is 0.294 e. The van der Waals surface area contributed by atoms with Gasteiger partial charge in [-0.1, -0.05) is 76.2 Å². The lowest BCUT2D eigenvalue weighted by molar-refractivity contribution is 0.0985. The zero-order chi connectivity index (χ0) is 12.9. The molecule has 0 spiro atoms. The van der Waals surface area contributed by atoms with Crippen LogP contribution in [0.5, 0.6) is 0 Å². The molecule has 17 heavy (non-hydrogen) atoms. The summed E-state index contributed by atoms with van der Waals surface area (Å²) in [4.78, 5) is 12.5. The fourth-order valence-corrected chi connectivity index (χ4v) is 6.86. The minimum Gasteiger partial charge on any atom is -0.294 e. The lowest BCUT2D eigenvalue weighted by atomic mass is 10.1. The molecule has 1 atom stereocenters. The molecule has 0 bridgehead atoms. The van der Waals surface area contributed by atoms with Gasteiger partial charge in [-0.05, 0) is 0 Å². The van der Waals surface area contributed by atoms with E-state index >= 15 is 0 Å². The van der Waals surface area contributed by atoms with Gasteiger partial charge in [0.05, 0.1) is 8.07 Å². The quantitative estimate of drug-likeness (QED) is 0.523. The second-order valence-electron chi connectivity index (χ2n) is 4.87. The van der Waals surface area contributed by atoms with Crippen LogP contribution in [0.2, 0.25) is 23.7 Å². The molecule has 0 heterocycles. The van der Waals surface area contributed by atoms with Crippen molar-refractivity contribution in [2.45, 2.75) is 51.4 Å². The Bertz CT molecular complexity index is 346. The molecule has 0 saturated heterocycles. The second-order valence-corrected chi connectivity index (χ2v) is 10.6. The third-order valence-corrected chi connectivity index (χ3v) is 10.8. The van der Waals surface area contributed by atoms with Gasteiger partial charge in [0.2, 0.25) is 0 Å². The molecule has 0 aliphatic carbocycles. The maximum absolute atomic E-state index is 12.5. The molecule has 0 radical (unpaired) electrons. The van der Waals surface area contributed by atoms with Gasteiger partial charge in [0.15, 0.2) is 5.78 Å². The molecule has 0 aliphatic rings. The number of rotatable bonds is 6. The molecule has 0 aromatic heterocycles. The molecule has 1 rings (SSSR count). The SMILES string of the molecule is CC[Si](CC)(CC)C(C)C(=O)c1ccccc1. The summed E-state index contributed by atoms with van der Waals surface area (Å²) in [5, 5.41) is 0. The molecular weight excluding hydrogens is 224 g/mol. The fraction of sp³-hybridized carbons (Fsp3) is 0.533. The number of benzene rings is 1. The van der Waals surface area contributed by atoms with Gasteiger partial charge in [-0.25, -0.2) is 0 Å². The summed E-state index contributed by atoms with van der Waals surface area (Å²) in [7, 11) is -1.42. The topological polar surface area (TPSA) is 17.1 Å². The normalized spacial score (nSPS) is 13.4. The number of hydrogen-bond acceptors (Lipinski definition) is 1. The van der Waals surface area contributed by atoms with Crippen LogP contribution in [0.1, 0.15) is 38.1 Å². The average molecular weight is 248 g/mol. The van der Waals surface area contributed by atoms with E-state index < -0.39 is 8.07 Å². The van der Waals surface area contributed by atoms with Crippen LogP contribution in [0.3, 0.4) is 0 Å². The standard InChI is InChI=1S/C15H24OSi/c1-5-17(6-2,7-3)13(4)15(16)14-11-9-8-10-12-14/h8-13H,5-7H2,1-4H3. The Hall–Kier alpha value is -0.893. The van der Waals surface area contributed by atoms with Crippen LogP contribution in [0.25, 0.3) is 0 Å². The number of ketones is 1. The Balaban J connectivity index is 2.96. The van der Waals surface area contributed by atoms with Gasteiger partial charge in [0.1, 0.15) is 0 Å². The van der Waals surface area contributed by atoms with E-state index in [9.17, 15) is 4.79 Å². The minimum atomic E-state index is -1.42.